The SMILES string of the molecule is O=C(c1nnc2n1CCCC2)N1CCN2C(=O)OCC2(Cc2ccccc2)C1. The zero-order valence-electron chi connectivity index (χ0n) is 15.7. The summed E-state index contributed by atoms with van der Waals surface area (Å²) in [6.45, 7) is 2.47. The average Bonchev–Trinajstić information content (AvgIpc) is 3.29. The van der Waals surface area contributed by atoms with Gasteiger partial charge >= 0.3 is 6.09 Å². The molecule has 2 fully saturated rings. The third-order valence-electron chi connectivity index (χ3n) is 6.05. The van der Waals surface area contributed by atoms with E-state index in [4.69, 9.17) is 4.74 Å². The fourth-order valence-electron chi connectivity index (χ4n) is 4.62. The smallest absolute Gasteiger partial charge is 0.410 e. The number of hydrogen-bond acceptors (Lipinski definition) is 5. The molecule has 1 unspecified atom stereocenters. The molecular weight excluding hydrogens is 358 g/mol. The number of benzene rings is 1. The Labute approximate surface area is 163 Å². The van der Waals surface area contributed by atoms with Crippen LogP contribution >= 0.6 is 0 Å². The number of amides is 2. The number of aryl methyl sites for hydroxylation is 1. The maximum atomic E-state index is 13.3. The zero-order chi connectivity index (χ0) is 19.1. The van der Waals surface area contributed by atoms with Gasteiger partial charge in [0.15, 0.2) is 0 Å². The van der Waals surface area contributed by atoms with E-state index in [1.165, 1.54) is 0 Å². The summed E-state index contributed by atoms with van der Waals surface area (Å²) in [6.07, 6.45) is 3.36. The van der Waals surface area contributed by atoms with Gasteiger partial charge < -0.3 is 14.2 Å². The Bertz CT molecular complexity index is 912. The van der Waals surface area contributed by atoms with Crippen LogP contribution in [0.15, 0.2) is 30.3 Å². The molecule has 2 aromatic rings. The van der Waals surface area contributed by atoms with E-state index in [0.29, 0.717) is 38.5 Å². The molecule has 3 aliphatic heterocycles. The maximum Gasteiger partial charge on any atom is 0.410 e. The molecule has 2 amide bonds. The molecular formula is C20H23N5O3. The minimum absolute atomic E-state index is 0.105. The molecule has 4 heterocycles. The fraction of sp³-hybridized carbons (Fsp3) is 0.500. The van der Waals surface area contributed by atoms with Gasteiger partial charge in [0.05, 0.1) is 0 Å². The van der Waals surface area contributed by atoms with Crippen LogP contribution in [0.5, 0.6) is 0 Å². The average molecular weight is 381 g/mol. The molecule has 0 bridgehead atoms. The van der Waals surface area contributed by atoms with Crippen molar-refractivity contribution in [3.05, 3.63) is 47.5 Å². The first-order chi connectivity index (χ1) is 13.7. The molecule has 1 aromatic heterocycles. The van der Waals surface area contributed by atoms with Crippen LogP contribution in [0, 0.1) is 0 Å². The number of carbonyl (C=O) groups is 2. The van der Waals surface area contributed by atoms with Crippen LogP contribution in [-0.4, -0.2) is 68.3 Å². The largest absolute Gasteiger partial charge is 0.447 e. The Morgan fingerprint density at radius 1 is 1.11 bits per heavy atom. The molecule has 0 saturated carbocycles. The minimum Gasteiger partial charge on any atom is -0.447 e. The van der Waals surface area contributed by atoms with E-state index in [0.717, 1.165) is 37.2 Å². The highest BCUT2D eigenvalue weighted by Crippen LogP contribution is 2.33. The molecule has 0 aliphatic carbocycles. The molecule has 1 atom stereocenters. The predicted octanol–water partition coefficient (Wildman–Crippen LogP) is 1.50. The van der Waals surface area contributed by atoms with Crippen molar-refractivity contribution in [3.63, 3.8) is 0 Å². The number of fused-ring (bicyclic) bond motifs is 2. The third-order valence-corrected chi connectivity index (χ3v) is 6.05. The summed E-state index contributed by atoms with van der Waals surface area (Å²) in [7, 11) is 0. The lowest BCUT2D eigenvalue weighted by Crippen LogP contribution is -2.63. The van der Waals surface area contributed by atoms with Crippen molar-refractivity contribution in [3.8, 4) is 0 Å². The lowest BCUT2D eigenvalue weighted by Gasteiger charge is -2.44. The van der Waals surface area contributed by atoms with Gasteiger partial charge in [-0.3, -0.25) is 9.69 Å². The standard InChI is InChI=1S/C20H23N5O3/c26-18(17-22-21-16-8-4-5-9-24(16)17)23-10-11-25-19(27)28-14-20(25,13-23)12-15-6-2-1-3-7-15/h1-3,6-7H,4-5,8-14H2. The highest BCUT2D eigenvalue weighted by molar-refractivity contribution is 5.91. The van der Waals surface area contributed by atoms with Crippen LogP contribution in [0.4, 0.5) is 4.79 Å². The fourth-order valence-corrected chi connectivity index (χ4v) is 4.62. The van der Waals surface area contributed by atoms with Crippen molar-refractivity contribution in [2.75, 3.05) is 26.2 Å². The van der Waals surface area contributed by atoms with Crippen LogP contribution in [0.25, 0.3) is 0 Å². The van der Waals surface area contributed by atoms with Gasteiger partial charge in [0.1, 0.15) is 18.0 Å². The van der Waals surface area contributed by atoms with Crippen molar-refractivity contribution in [2.24, 2.45) is 0 Å². The molecule has 3 aliphatic rings. The number of hydrogen-bond donors (Lipinski definition) is 0. The molecule has 0 spiro atoms. The monoisotopic (exact) mass is 381 g/mol. The summed E-state index contributed by atoms with van der Waals surface area (Å²) in [5.41, 5.74) is 0.594. The summed E-state index contributed by atoms with van der Waals surface area (Å²) >= 11 is 0. The van der Waals surface area contributed by atoms with Crippen molar-refractivity contribution >= 4 is 12.0 Å². The normalized spacial score (nSPS) is 23.9. The molecule has 8 nitrogen and oxygen atoms in total. The second-order valence-corrected chi connectivity index (χ2v) is 7.87. The molecule has 1 aromatic carbocycles. The van der Waals surface area contributed by atoms with Gasteiger partial charge in [-0.2, -0.15) is 0 Å². The first kappa shape index (κ1) is 17.2. The van der Waals surface area contributed by atoms with E-state index in [2.05, 4.69) is 10.2 Å². The summed E-state index contributed by atoms with van der Waals surface area (Å²) in [6, 6.07) is 10.0. The summed E-state index contributed by atoms with van der Waals surface area (Å²) in [5, 5.41) is 8.40. The van der Waals surface area contributed by atoms with Gasteiger partial charge in [-0.15, -0.1) is 10.2 Å². The van der Waals surface area contributed by atoms with E-state index < -0.39 is 5.54 Å². The summed E-state index contributed by atoms with van der Waals surface area (Å²) in [5.74, 6) is 1.21. The number of cyclic esters (lactones) is 1. The van der Waals surface area contributed by atoms with Crippen LogP contribution in [0.3, 0.4) is 0 Å². The Hall–Kier alpha value is -2.90. The molecule has 8 heteroatoms. The number of rotatable bonds is 3. The van der Waals surface area contributed by atoms with Crippen molar-refractivity contribution < 1.29 is 14.3 Å². The lowest BCUT2D eigenvalue weighted by molar-refractivity contribution is 0.0361. The topological polar surface area (TPSA) is 80.6 Å². The number of piperazine rings is 1. The van der Waals surface area contributed by atoms with E-state index in [9.17, 15) is 9.59 Å². The van der Waals surface area contributed by atoms with E-state index in [1.807, 2.05) is 39.8 Å². The molecule has 146 valence electrons. The molecule has 0 radical (unpaired) electrons. The molecule has 28 heavy (non-hydrogen) atoms. The van der Waals surface area contributed by atoms with E-state index in [1.54, 1.807) is 4.90 Å². The summed E-state index contributed by atoms with van der Waals surface area (Å²) in [4.78, 5) is 29.1. The lowest BCUT2D eigenvalue weighted by atomic mass is 9.88. The minimum atomic E-state index is -0.531. The van der Waals surface area contributed by atoms with Gasteiger partial charge in [-0.05, 0) is 18.4 Å². The van der Waals surface area contributed by atoms with Crippen molar-refractivity contribution in [1.29, 1.82) is 0 Å². The highest BCUT2D eigenvalue weighted by atomic mass is 16.6. The maximum absolute atomic E-state index is 13.3. The van der Waals surface area contributed by atoms with Crippen molar-refractivity contribution in [1.82, 2.24) is 24.6 Å². The van der Waals surface area contributed by atoms with Gasteiger partial charge in [0.25, 0.3) is 5.91 Å². The quantitative estimate of drug-likeness (QED) is 0.805. The third kappa shape index (κ3) is 2.75. The van der Waals surface area contributed by atoms with Gasteiger partial charge in [0, 0.05) is 39.0 Å². The van der Waals surface area contributed by atoms with Gasteiger partial charge in [-0.1, -0.05) is 30.3 Å². The second-order valence-electron chi connectivity index (χ2n) is 7.87. The zero-order valence-corrected chi connectivity index (χ0v) is 15.7. The first-order valence-electron chi connectivity index (χ1n) is 9.86. The van der Waals surface area contributed by atoms with Gasteiger partial charge in [-0.25, -0.2) is 4.79 Å². The predicted molar refractivity (Wildman–Crippen MR) is 99.8 cm³/mol. The molecule has 0 N–H and O–H groups in total. The number of ether oxygens (including phenoxy) is 1. The Morgan fingerprint density at radius 3 is 2.82 bits per heavy atom. The number of aromatic nitrogens is 3. The second kappa shape index (κ2) is 6.61. The van der Waals surface area contributed by atoms with Crippen LogP contribution in [-0.2, 0) is 24.1 Å². The Balaban J connectivity index is 1.42. The first-order valence-corrected chi connectivity index (χ1v) is 9.86. The van der Waals surface area contributed by atoms with E-state index >= 15 is 0 Å². The van der Waals surface area contributed by atoms with Crippen LogP contribution in [0.2, 0.25) is 0 Å². The van der Waals surface area contributed by atoms with Crippen LogP contribution in [0.1, 0.15) is 34.8 Å². The molecule has 5 rings (SSSR count). The highest BCUT2D eigenvalue weighted by Gasteiger charge is 2.52. The van der Waals surface area contributed by atoms with Crippen molar-refractivity contribution in [2.45, 2.75) is 37.8 Å². The van der Waals surface area contributed by atoms with Gasteiger partial charge in [0.2, 0.25) is 5.82 Å². The number of carbonyl (C=O) groups excluding carboxylic acids is 2. The van der Waals surface area contributed by atoms with Crippen LogP contribution < -0.4 is 0 Å². The Morgan fingerprint density at radius 2 is 1.96 bits per heavy atom. The summed E-state index contributed by atoms with van der Waals surface area (Å²) < 4.78 is 7.36. The number of nitrogens with zero attached hydrogens (tertiary/aromatic N) is 5. The van der Waals surface area contributed by atoms with E-state index in [-0.39, 0.29) is 12.0 Å². The Kier molecular flexibility index (Phi) is 4.07. The molecule has 2 saturated heterocycles.